The highest BCUT2D eigenvalue weighted by Crippen LogP contribution is 2.23. The Morgan fingerprint density at radius 3 is 2.65 bits per heavy atom. The average molecular weight is 240 g/mol. The SMILES string of the molecule is CCCNCC(CCC)N1CCC(CCC)C1. The zero-order valence-electron chi connectivity index (χ0n) is 12.2. The van der Waals surface area contributed by atoms with Gasteiger partial charge in [0, 0.05) is 19.1 Å². The van der Waals surface area contributed by atoms with Crippen molar-refractivity contribution < 1.29 is 0 Å². The third-order valence-corrected chi connectivity index (χ3v) is 3.96. The van der Waals surface area contributed by atoms with E-state index in [0.29, 0.717) is 0 Å². The first-order valence-electron chi connectivity index (χ1n) is 7.76. The van der Waals surface area contributed by atoms with E-state index in [2.05, 4.69) is 31.0 Å². The molecule has 1 aliphatic heterocycles. The number of nitrogens with one attached hydrogen (secondary N) is 1. The predicted octanol–water partition coefficient (Wildman–Crippen LogP) is 3.28. The highest BCUT2D eigenvalue weighted by Gasteiger charge is 2.26. The zero-order chi connectivity index (χ0) is 12.5. The van der Waals surface area contributed by atoms with Gasteiger partial charge in [-0.25, -0.2) is 0 Å². The lowest BCUT2D eigenvalue weighted by Crippen LogP contribution is -2.41. The maximum atomic E-state index is 3.60. The van der Waals surface area contributed by atoms with Crippen LogP contribution in [0.4, 0.5) is 0 Å². The van der Waals surface area contributed by atoms with Gasteiger partial charge in [-0.2, -0.15) is 0 Å². The first kappa shape index (κ1) is 15.0. The molecule has 1 heterocycles. The van der Waals surface area contributed by atoms with E-state index in [1.165, 1.54) is 64.7 Å². The average Bonchev–Trinajstić information content (AvgIpc) is 2.77. The Morgan fingerprint density at radius 1 is 1.18 bits per heavy atom. The van der Waals surface area contributed by atoms with Crippen LogP contribution in [0.1, 0.15) is 59.3 Å². The maximum absolute atomic E-state index is 3.60. The van der Waals surface area contributed by atoms with Crippen molar-refractivity contribution in [3.63, 3.8) is 0 Å². The van der Waals surface area contributed by atoms with Crippen LogP contribution < -0.4 is 5.32 Å². The van der Waals surface area contributed by atoms with Crippen LogP contribution in [0.3, 0.4) is 0 Å². The van der Waals surface area contributed by atoms with Gasteiger partial charge in [-0.05, 0) is 44.7 Å². The van der Waals surface area contributed by atoms with Crippen LogP contribution >= 0.6 is 0 Å². The number of nitrogens with zero attached hydrogens (tertiary/aromatic N) is 1. The Balaban J connectivity index is 2.31. The summed E-state index contributed by atoms with van der Waals surface area (Å²) in [6.45, 7) is 11.9. The summed E-state index contributed by atoms with van der Waals surface area (Å²) in [6.07, 6.45) is 8.13. The van der Waals surface area contributed by atoms with Crippen LogP contribution in [-0.2, 0) is 0 Å². The third-order valence-electron chi connectivity index (χ3n) is 3.96. The summed E-state index contributed by atoms with van der Waals surface area (Å²) < 4.78 is 0. The van der Waals surface area contributed by atoms with Crippen molar-refractivity contribution in [2.75, 3.05) is 26.2 Å². The van der Waals surface area contributed by atoms with Crippen molar-refractivity contribution in [1.29, 1.82) is 0 Å². The van der Waals surface area contributed by atoms with Gasteiger partial charge in [0.05, 0.1) is 0 Å². The molecule has 0 aliphatic carbocycles. The lowest BCUT2D eigenvalue weighted by Gasteiger charge is -2.28. The van der Waals surface area contributed by atoms with E-state index in [9.17, 15) is 0 Å². The Bertz CT molecular complexity index is 182. The molecule has 0 spiro atoms. The number of hydrogen-bond acceptors (Lipinski definition) is 2. The number of likely N-dealkylation sites (tertiary alicyclic amines) is 1. The molecule has 2 unspecified atom stereocenters. The van der Waals surface area contributed by atoms with E-state index in [1.54, 1.807) is 0 Å². The first-order chi connectivity index (χ1) is 8.31. The molecule has 2 heteroatoms. The predicted molar refractivity (Wildman–Crippen MR) is 76.4 cm³/mol. The van der Waals surface area contributed by atoms with Gasteiger partial charge in [-0.1, -0.05) is 33.6 Å². The van der Waals surface area contributed by atoms with Gasteiger partial charge >= 0.3 is 0 Å². The van der Waals surface area contributed by atoms with Gasteiger partial charge in [0.1, 0.15) is 0 Å². The molecule has 0 aromatic heterocycles. The van der Waals surface area contributed by atoms with Crippen LogP contribution in [0.15, 0.2) is 0 Å². The van der Waals surface area contributed by atoms with Crippen LogP contribution in [0.25, 0.3) is 0 Å². The molecular formula is C15H32N2. The van der Waals surface area contributed by atoms with Gasteiger partial charge in [0.2, 0.25) is 0 Å². The van der Waals surface area contributed by atoms with Gasteiger partial charge in [-0.15, -0.1) is 0 Å². The van der Waals surface area contributed by atoms with E-state index >= 15 is 0 Å². The van der Waals surface area contributed by atoms with Crippen LogP contribution in [0.2, 0.25) is 0 Å². The smallest absolute Gasteiger partial charge is 0.0220 e. The summed E-state index contributed by atoms with van der Waals surface area (Å²) in [7, 11) is 0. The molecule has 0 radical (unpaired) electrons. The highest BCUT2D eigenvalue weighted by molar-refractivity contribution is 4.82. The van der Waals surface area contributed by atoms with E-state index in [4.69, 9.17) is 0 Å². The minimum atomic E-state index is 0.786. The van der Waals surface area contributed by atoms with Crippen molar-refractivity contribution in [3.05, 3.63) is 0 Å². The summed E-state index contributed by atoms with van der Waals surface area (Å²) >= 11 is 0. The van der Waals surface area contributed by atoms with Crippen LogP contribution in [-0.4, -0.2) is 37.1 Å². The Kier molecular flexibility index (Phi) is 7.87. The summed E-state index contributed by atoms with van der Waals surface area (Å²) in [5, 5.41) is 3.60. The van der Waals surface area contributed by atoms with Gasteiger partial charge in [0.15, 0.2) is 0 Å². The molecule has 1 N–H and O–H groups in total. The minimum Gasteiger partial charge on any atom is -0.315 e. The molecule has 102 valence electrons. The normalized spacial score (nSPS) is 23.1. The molecule has 0 bridgehead atoms. The molecule has 2 atom stereocenters. The Morgan fingerprint density at radius 2 is 2.00 bits per heavy atom. The van der Waals surface area contributed by atoms with Crippen molar-refractivity contribution >= 4 is 0 Å². The summed E-state index contributed by atoms with van der Waals surface area (Å²) in [5.41, 5.74) is 0. The number of hydrogen-bond donors (Lipinski definition) is 1. The molecule has 0 saturated carbocycles. The summed E-state index contributed by atoms with van der Waals surface area (Å²) in [6, 6.07) is 0.786. The van der Waals surface area contributed by atoms with Gasteiger partial charge < -0.3 is 5.32 Å². The maximum Gasteiger partial charge on any atom is 0.0220 e. The summed E-state index contributed by atoms with van der Waals surface area (Å²) in [5.74, 6) is 0.977. The Hall–Kier alpha value is -0.0800. The lowest BCUT2D eigenvalue weighted by atomic mass is 10.0. The molecule has 1 fully saturated rings. The van der Waals surface area contributed by atoms with E-state index in [-0.39, 0.29) is 0 Å². The molecule has 1 saturated heterocycles. The van der Waals surface area contributed by atoms with Gasteiger partial charge in [0.25, 0.3) is 0 Å². The second-order valence-corrected chi connectivity index (χ2v) is 5.58. The largest absolute Gasteiger partial charge is 0.315 e. The molecule has 1 aliphatic rings. The molecular weight excluding hydrogens is 208 g/mol. The summed E-state index contributed by atoms with van der Waals surface area (Å²) in [4.78, 5) is 2.74. The molecule has 0 aromatic carbocycles. The molecule has 2 nitrogen and oxygen atoms in total. The number of rotatable bonds is 9. The fourth-order valence-electron chi connectivity index (χ4n) is 3.03. The lowest BCUT2D eigenvalue weighted by molar-refractivity contribution is 0.214. The fraction of sp³-hybridized carbons (Fsp3) is 1.00. The van der Waals surface area contributed by atoms with Crippen molar-refractivity contribution in [3.8, 4) is 0 Å². The standard InChI is InChI=1S/C15H32N2/c1-4-7-14-9-11-17(13-14)15(8-5-2)12-16-10-6-3/h14-16H,4-13H2,1-3H3. The van der Waals surface area contributed by atoms with Crippen molar-refractivity contribution in [2.45, 2.75) is 65.3 Å². The monoisotopic (exact) mass is 240 g/mol. The molecule has 1 rings (SSSR count). The second-order valence-electron chi connectivity index (χ2n) is 5.58. The highest BCUT2D eigenvalue weighted by atomic mass is 15.2. The first-order valence-corrected chi connectivity index (χ1v) is 7.76. The molecule has 0 amide bonds. The van der Waals surface area contributed by atoms with E-state index in [0.717, 1.165) is 12.0 Å². The molecule has 17 heavy (non-hydrogen) atoms. The van der Waals surface area contributed by atoms with E-state index in [1.807, 2.05) is 0 Å². The fourth-order valence-corrected chi connectivity index (χ4v) is 3.03. The van der Waals surface area contributed by atoms with Crippen molar-refractivity contribution in [2.24, 2.45) is 5.92 Å². The van der Waals surface area contributed by atoms with Crippen molar-refractivity contribution in [1.82, 2.24) is 10.2 Å². The second kappa shape index (κ2) is 8.93. The minimum absolute atomic E-state index is 0.786. The zero-order valence-corrected chi connectivity index (χ0v) is 12.2. The topological polar surface area (TPSA) is 15.3 Å². The third kappa shape index (κ3) is 5.39. The van der Waals surface area contributed by atoms with Crippen LogP contribution in [0.5, 0.6) is 0 Å². The Labute approximate surface area is 108 Å². The quantitative estimate of drug-likeness (QED) is 0.622. The van der Waals surface area contributed by atoms with Gasteiger partial charge in [-0.3, -0.25) is 4.90 Å². The van der Waals surface area contributed by atoms with E-state index < -0.39 is 0 Å². The molecule has 0 aromatic rings. The van der Waals surface area contributed by atoms with Crippen LogP contribution in [0, 0.1) is 5.92 Å².